The van der Waals surface area contributed by atoms with E-state index in [0.29, 0.717) is 19.4 Å². The fraction of sp³-hybridized carbons (Fsp3) is 0.615. The molecule has 0 N–H and O–H groups in total. The van der Waals surface area contributed by atoms with Crippen molar-refractivity contribution in [1.82, 2.24) is 4.90 Å². The van der Waals surface area contributed by atoms with Crippen LogP contribution in [0.3, 0.4) is 0 Å². The van der Waals surface area contributed by atoms with E-state index in [0.717, 1.165) is 6.42 Å². The molecule has 19 heavy (non-hydrogen) atoms. The molecule has 1 fully saturated rings. The van der Waals surface area contributed by atoms with Crippen molar-refractivity contribution in [2.45, 2.75) is 37.5 Å². The van der Waals surface area contributed by atoms with Crippen LogP contribution in [0, 0.1) is 11.3 Å². The molecule has 1 heterocycles. The van der Waals surface area contributed by atoms with Crippen LogP contribution >= 0.6 is 11.8 Å². The molecule has 0 radical (unpaired) electrons. The quantitative estimate of drug-likeness (QED) is 0.724. The average molecular weight is 282 g/mol. The molecule has 0 spiro atoms. The molecule has 1 saturated heterocycles. The van der Waals surface area contributed by atoms with Gasteiger partial charge in [0.25, 0.3) is 0 Å². The molecule has 104 valence electrons. The second kappa shape index (κ2) is 7.85. The van der Waals surface area contributed by atoms with E-state index in [1.165, 1.54) is 24.8 Å². The molecular formula is C13H18N2O3S. The summed E-state index contributed by atoms with van der Waals surface area (Å²) in [7, 11) is 0. The molecule has 0 bridgehead atoms. The van der Waals surface area contributed by atoms with Gasteiger partial charge in [-0.05, 0) is 12.8 Å². The molecule has 0 aromatic heterocycles. The highest BCUT2D eigenvalue weighted by Crippen LogP contribution is 2.30. The summed E-state index contributed by atoms with van der Waals surface area (Å²) < 4.78 is 5.03. The summed E-state index contributed by atoms with van der Waals surface area (Å²) >= 11 is 1.25. The van der Waals surface area contributed by atoms with Gasteiger partial charge in [-0.1, -0.05) is 24.4 Å². The Morgan fingerprint density at radius 3 is 2.95 bits per heavy atom. The Labute approximate surface area is 117 Å². The molecule has 1 rings (SSSR count). The van der Waals surface area contributed by atoms with E-state index >= 15 is 0 Å². The van der Waals surface area contributed by atoms with Gasteiger partial charge in [-0.2, -0.15) is 5.26 Å². The lowest BCUT2D eigenvalue weighted by Gasteiger charge is -2.22. The fourth-order valence-corrected chi connectivity index (χ4v) is 3.16. The third kappa shape index (κ3) is 4.95. The molecule has 5 nitrogen and oxygen atoms in total. The van der Waals surface area contributed by atoms with Crippen molar-refractivity contribution in [2.24, 2.45) is 0 Å². The third-order valence-electron chi connectivity index (χ3n) is 2.86. The minimum atomic E-state index is -0.394. The smallest absolute Gasteiger partial charge is 0.410 e. The minimum absolute atomic E-state index is 0.0196. The molecule has 0 saturated carbocycles. The number of nitriles is 1. The number of ether oxygens (including phenoxy) is 1. The van der Waals surface area contributed by atoms with Gasteiger partial charge in [0.15, 0.2) is 5.12 Å². The van der Waals surface area contributed by atoms with Crippen LogP contribution in [-0.4, -0.2) is 40.6 Å². The summed E-state index contributed by atoms with van der Waals surface area (Å²) in [6.45, 7) is 5.68. The SMILES string of the molecule is C=CCOC(=O)N1C[C@@H](SC(C)=O)C[C@H]1CCC#N. The van der Waals surface area contributed by atoms with Crippen molar-refractivity contribution in [3.8, 4) is 6.07 Å². The second-order valence-corrected chi connectivity index (χ2v) is 5.81. The number of thioether (sulfide) groups is 1. The number of hydrogen-bond acceptors (Lipinski definition) is 5. The van der Waals surface area contributed by atoms with Gasteiger partial charge < -0.3 is 9.64 Å². The molecule has 1 aliphatic heterocycles. The van der Waals surface area contributed by atoms with Crippen molar-refractivity contribution in [3.63, 3.8) is 0 Å². The summed E-state index contributed by atoms with van der Waals surface area (Å²) in [5, 5.41) is 8.79. The van der Waals surface area contributed by atoms with Crippen LogP contribution in [-0.2, 0) is 9.53 Å². The van der Waals surface area contributed by atoms with E-state index in [1.807, 2.05) is 0 Å². The van der Waals surface area contributed by atoms with Gasteiger partial charge in [0.1, 0.15) is 6.61 Å². The van der Waals surface area contributed by atoms with E-state index in [2.05, 4.69) is 12.6 Å². The first-order valence-corrected chi connectivity index (χ1v) is 7.05. The van der Waals surface area contributed by atoms with Gasteiger partial charge in [-0.15, -0.1) is 0 Å². The maximum Gasteiger partial charge on any atom is 0.410 e. The normalized spacial score (nSPS) is 21.8. The molecule has 1 amide bonds. The van der Waals surface area contributed by atoms with Crippen molar-refractivity contribution < 1.29 is 14.3 Å². The zero-order chi connectivity index (χ0) is 14.3. The van der Waals surface area contributed by atoms with Crippen molar-refractivity contribution in [2.75, 3.05) is 13.2 Å². The van der Waals surface area contributed by atoms with Crippen LogP contribution < -0.4 is 0 Å². The topological polar surface area (TPSA) is 70.4 Å². The Hall–Kier alpha value is -1.48. The van der Waals surface area contributed by atoms with Crippen LogP contribution in [0.5, 0.6) is 0 Å². The van der Waals surface area contributed by atoms with Crippen LogP contribution in [0.15, 0.2) is 12.7 Å². The summed E-state index contributed by atoms with van der Waals surface area (Å²) in [5.41, 5.74) is 0. The zero-order valence-corrected chi connectivity index (χ0v) is 11.8. The third-order valence-corrected chi connectivity index (χ3v) is 3.86. The van der Waals surface area contributed by atoms with Gasteiger partial charge in [0.05, 0.1) is 6.07 Å². The summed E-state index contributed by atoms with van der Waals surface area (Å²) in [4.78, 5) is 24.6. The zero-order valence-electron chi connectivity index (χ0n) is 11.0. The lowest BCUT2D eigenvalue weighted by atomic mass is 10.1. The van der Waals surface area contributed by atoms with E-state index in [9.17, 15) is 9.59 Å². The maximum atomic E-state index is 11.9. The number of rotatable bonds is 5. The van der Waals surface area contributed by atoms with Crippen LogP contribution in [0.4, 0.5) is 4.79 Å². The molecule has 6 heteroatoms. The standard InChI is InChI=1S/C13H18N2O3S/c1-3-7-18-13(17)15-9-12(19-10(2)16)8-11(15)5-4-6-14/h3,11-12H,1,4-5,7-9H2,2H3/t11-,12+/m1/s1. The second-order valence-electron chi connectivity index (χ2n) is 4.34. The van der Waals surface area contributed by atoms with E-state index in [1.54, 1.807) is 4.90 Å². The number of likely N-dealkylation sites (tertiary alicyclic amines) is 1. The van der Waals surface area contributed by atoms with Crippen LogP contribution in [0.2, 0.25) is 0 Å². The highest BCUT2D eigenvalue weighted by molar-refractivity contribution is 8.14. The summed E-state index contributed by atoms with van der Waals surface area (Å²) in [6, 6.07) is 2.06. The summed E-state index contributed by atoms with van der Waals surface area (Å²) in [5.74, 6) is 0. The number of hydrogen-bond donors (Lipinski definition) is 0. The number of amides is 1. The van der Waals surface area contributed by atoms with Gasteiger partial charge in [-0.3, -0.25) is 4.79 Å². The lowest BCUT2D eigenvalue weighted by Crippen LogP contribution is -2.36. The predicted molar refractivity (Wildman–Crippen MR) is 73.6 cm³/mol. The van der Waals surface area contributed by atoms with E-state index < -0.39 is 6.09 Å². The first kappa shape index (κ1) is 15.6. The van der Waals surface area contributed by atoms with E-state index in [-0.39, 0.29) is 23.0 Å². The Bertz CT molecular complexity index is 392. The van der Waals surface area contributed by atoms with Gasteiger partial charge in [0, 0.05) is 31.2 Å². The molecular weight excluding hydrogens is 264 g/mol. The lowest BCUT2D eigenvalue weighted by molar-refractivity contribution is -0.109. The Balaban J connectivity index is 2.62. The number of nitrogens with zero attached hydrogens (tertiary/aromatic N) is 2. The Kier molecular flexibility index (Phi) is 6.43. The molecule has 2 atom stereocenters. The van der Waals surface area contributed by atoms with E-state index in [4.69, 9.17) is 10.00 Å². The van der Waals surface area contributed by atoms with Crippen molar-refractivity contribution >= 4 is 23.0 Å². The molecule has 1 aliphatic rings. The van der Waals surface area contributed by atoms with Crippen LogP contribution in [0.25, 0.3) is 0 Å². The minimum Gasteiger partial charge on any atom is -0.445 e. The van der Waals surface area contributed by atoms with Gasteiger partial charge in [0.2, 0.25) is 0 Å². The first-order valence-electron chi connectivity index (χ1n) is 6.17. The predicted octanol–water partition coefficient (Wildman–Crippen LogP) is 2.34. The molecule has 0 unspecified atom stereocenters. The largest absolute Gasteiger partial charge is 0.445 e. The highest BCUT2D eigenvalue weighted by Gasteiger charge is 2.36. The first-order chi connectivity index (χ1) is 9.08. The molecule has 0 aliphatic carbocycles. The highest BCUT2D eigenvalue weighted by atomic mass is 32.2. The molecule has 0 aromatic carbocycles. The average Bonchev–Trinajstić information content (AvgIpc) is 2.75. The molecule has 0 aromatic rings. The van der Waals surface area contributed by atoms with Crippen molar-refractivity contribution in [1.29, 1.82) is 5.26 Å². The monoisotopic (exact) mass is 282 g/mol. The Morgan fingerprint density at radius 1 is 1.63 bits per heavy atom. The number of carbonyl (C=O) groups excluding carboxylic acids is 2. The fourth-order valence-electron chi connectivity index (χ4n) is 2.14. The maximum absolute atomic E-state index is 11.9. The van der Waals surface area contributed by atoms with Crippen molar-refractivity contribution in [3.05, 3.63) is 12.7 Å². The van der Waals surface area contributed by atoms with Gasteiger partial charge in [-0.25, -0.2) is 4.79 Å². The summed E-state index contributed by atoms with van der Waals surface area (Å²) in [6.07, 6.45) is 2.87. The Morgan fingerprint density at radius 2 is 2.37 bits per heavy atom. The number of carbonyl (C=O) groups is 2. The van der Waals surface area contributed by atoms with Crippen LogP contribution in [0.1, 0.15) is 26.2 Å². The van der Waals surface area contributed by atoms with Gasteiger partial charge >= 0.3 is 6.09 Å².